The SMILES string of the molecule is O=C(NCCOc1ccccc1Cl)c1ccc2nc(-c3ccccc3)c(-c3ccccc3)nc2c1. The maximum Gasteiger partial charge on any atom is 0.251 e. The van der Waals surface area contributed by atoms with Crippen molar-refractivity contribution in [2.45, 2.75) is 0 Å². The van der Waals surface area contributed by atoms with E-state index in [0.29, 0.717) is 35.0 Å². The molecule has 0 aliphatic heterocycles. The van der Waals surface area contributed by atoms with Crippen molar-refractivity contribution in [1.29, 1.82) is 0 Å². The van der Waals surface area contributed by atoms with Gasteiger partial charge in [0.1, 0.15) is 12.4 Å². The summed E-state index contributed by atoms with van der Waals surface area (Å²) >= 11 is 6.10. The molecule has 0 aliphatic rings. The maximum absolute atomic E-state index is 12.8. The summed E-state index contributed by atoms with van der Waals surface area (Å²) in [6.07, 6.45) is 0. The minimum Gasteiger partial charge on any atom is -0.490 e. The molecular formula is C29H22ClN3O2. The van der Waals surface area contributed by atoms with Gasteiger partial charge in [0.05, 0.1) is 34.0 Å². The van der Waals surface area contributed by atoms with E-state index in [4.69, 9.17) is 26.3 Å². The second-order valence-electron chi connectivity index (χ2n) is 7.89. The topological polar surface area (TPSA) is 64.1 Å². The highest BCUT2D eigenvalue weighted by Gasteiger charge is 2.14. The highest BCUT2D eigenvalue weighted by atomic mass is 35.5. The number of nitrogens with zero attached hydrogens (tertiary/aromatic N) is 2. The minimum absolute atomic E-state index is 0.204. The number of hydrogen-bond acceptors (Lipinski definition) is 4. The van der Waals surface area contributed by atoms with Crippen molar-refractivity contribution in [1.82, 2.24) is 15.3 Å². The van der Waals surface area contributed by atoms with Crippen LogP contribution >= 0.6 is 11.6 Å². The van der Waals surface area contributed by atoms with Crippen molar-refractivity contribution in [2.24, 2.45) is 0 Å². The number of rotatable bonds is 7. The second kappa shape index (κ2) is 10.4. The predicted molar refractivity (Wildman–Crippen MR) is 140 cm³/mol. The van der Waals surface area contributed by atoms with E-state index < -0.39 is 0 Å². The molecule has 1 heterocycles. The number of carbonyl (C=O) groups is 1. The van der Waals surface area contributed by atoms with Gasteiger partial charge in [-0.3, -0.25) is 4.79 Å². The molecule has 1 amide bonds. The van der Waals surface area contributed by atoms with Crippen molar-refractivity contribution in [3.8, 4) is 28.3 Å². The van der Waals surface area contributed by atoms with Crippen LogP contribution in [-0.4, -0.2) is 29.0 Å². The summed E-state index contributed by atoms with van der Waals surface area (Å²) in [7, 11) is 0. The van der Waals surface area contributed by atoms with Crippen LogP contribution in [0.1, 0.15) is 10.4 Å². The lowest BCUT2D eigenvalue weighted by Crippen LogP contribution is -2.28. The largest absolute Gasteiger partial charge is 0.490 e. The quantitative estimate of drug-likeness (QED) is 0.273. The summed E-state index contributed by atoms with van der Waals surface area (Å²) in [5.74, 6) is 0.386. The number of benzene rings is 4. The van der Waals surface area contributed by atoms with Crippen molar-refractivity contribution in [3.05, 3.63) is 114 Å². The Balaban J connectivity index is 1.39. The smallest absolute Gasteiger partial charge is 0.251 e. The third-order valence-electron chi connectivity index (χ3n) is 5.50. The van der Waals surface area contributed by atoms with Gasteiger partial charge in [-0.15, -0.1) is 0 Å². The average Bonchev–Trinajstić information content (AvgIpc) is 2.92. The molecule has 5 aromatic rings. The number of fused-ring (bicyclic) bond motifs is 1. The zero-order valence-electron chi connectivity index (χ0n) is 18.8. The molecule has 0 unspecified atom stereocenters. The molecule has 0 saturated carbocycles. The van der Waals surface area contributed by atoms with Crippen LogP contribution in [0.3, 0.4) is 0 Å². The number of amides is 1. The molecule has 0 saturated heterocycles. The Morgan fingerprint density at radius 2 is 1.34 bits per heavy atom. The third kappa shape index (κ3) is 5.15. The van der Waals surface area contributed by atoms with E-state index in [-0.39, 0.29) is 5.91 Å². The van der Waals surface area contributed by atoms with Crippen LogP contribution in [0.2, 0.25) is 5.02 Å². The molecule has 4 aromatic carbocycles. The number of aromatic nitrogens is 2. The first kappa shape index (κ1) is 22.6. The number of nitrogens with one attached hydrogen (secondary N) is 1. The van der Waals surface area contributed by atoms with E-state index in [1.54, 1.807) is 24.3 Å². The summed E-state index contributed by atoms with van der Waals surface area (Å²) in [5, 5.41) is 3.42. The van der Waals surface area contributed by atoms with Crippen LogP contribution in [0.15, 0.2) is 103 Å². The van der Waals surface area contributed by atoms with E-state index in [0.717, 1.165) is 28.0 Å². The van der Waals surface area contributed by atoms with E-state index in [9.17, 15) is 4.79 Å². The lowest BCUT2D eigenvalue weighted by Gasteiger charge is -2.12. The van der Waals surface area contributed by atoms with Crippen molar-refractivity contribution < 1.29 is 9.53 Å². The summed E-state index contributed by atoms with van der Waals surface area (Å²) < 4.78 is 5.64. The number of hydrogen-bond donors (Lipinski definition) is 1. The molecule has 1 aromatic heterocycles. The number of carbonyl (C=O) groups excluding carboxylic acids is 1. The van der Waals surface area contributed by atoms with Gasteiger partial charge in [0.25, 0.3) is 5.91 Å². The van der Waals surface area contributed by atoms with Crippen molar-refractivity contribution in [2.75, 3.05) is 13.2 Å². The Labute approximate surface area is 208 Å². The Bertz CT molecular complexity index is 1470. The standard InChI is InChI=1S/C29H22ClN3O2/c30-23-13-7-8-14-26(23)35-18-17-31-29(34)22-15-16-24-25(19-22)33-28(21-11-5-2-6-12-21)27(32-24)20-9-3-1-4-10-20/h1-16,19H,17-18H2,(H,31,34). The molecule has 172 valence electrons. The maximum atomic E-state index is 12.8. The van der Waals surface area contributed by atoms with Gasteiger partial charge in [0.2, 0.25) is 0 Å². The fourth-order valence-electron chi connectivity index (χ4n) is 3.78. The highest BCUT2D eigenvalue weighted by molar-refractivity contribution is 6.32. The molecule has 0 radical (unpaired) electrons. The van der Waals surface area contributed by atoms with Crippen LogP contribution < -0.4 is 10.1 Å². The first-order chi connectivity index (χ1) is 17.2. The Hall–Kier alpha value is -4.22. The average molecular weight is 480 g/mol. The lowest BCUT2D eigenvalue weighted by atomic mass is 10.0. The van der Waals surface area contributed by atoms with Gasteiger partial charge >= 0.3 is 0 Å². The van der Waals surface area contributed by atoms with Crippen LogP contribution in [0.4, 0.5) is 0 Å². The molecule has 5 rings (SSSR count). The van der Waals surface area contributed by atoms with Crippen LogP contribution in [0, 0.1) is 0 Å². The minimum atomic E-state index is -0.204. The van der Waals surface area contributed by atoms with Gasteiger partial charge in [0.15, 0.2) is 0 Å². The highest BCUT2D eigenvalue weighted by Crippen LogP contribution is 2.31. The van der Waals surface area contributed by atoms with E-state index in [1.807, 2.05) is 78.9 Å². The van der Waals surface area contributed by atoms with Crippen LogP contribution in [-0.2, 0) is 0 Å². The molecule has 0 aliphatic carbocycles. The molecule has 0 fully saturated rings. The molecule has 0 bridgehead atoms. The number of halogens is 1. The fourth-order valence-corrected chi connectivity index (χ4v) is 3.97. The first-order valence-electron chi connectivity index (χ1n) is 11.3. The van der Waals surface area contributed by atoms with Gasteiger partial charge in [0, 0.05) is 16.7 Å². The summed E-state index contributed by atoms with van der Waals surface area (Å²) in [6.45, 7) is 0.650. The number of ether oxygens (including phenoxy) is 1. The van der Waals surface area contributed by atoms with Gasteiger partial charge in [-0.2, -0.15) is 0 Å². The summed E-state index contributed by atoms with van der Waals surface area (Å²) in [6, 6.07) is 32.5. The van der Waals surface area contributed by atoms with Crippen molar-refractivity contribution in [3.63, 3.8) is 0 Å². The van der Waals surface area contributed by atoms with Crippen molar-refractivity contribution >= 4 is 28.5 Å². The lowest BCUT2D eigenvalue weighted by molar-refractivity contribution is 0.0947. The molecule has 0 atom stereocenters. The van der Waals surface area contributed by atoms with E-state index in [2.05, 4.69) is 5.32 Å². The number of para-hydroxylation sites is 1. The van der Waals surface area contributed by atoms with Gasteiger partial charge < -0.3 is 10.1 Å². The van der Waals surface area contributed by atoms with Crippen LogP contribution in [0.25, 0.3) is 33.5 Å². The van der Waals surface area contributed by atoms with Gasteiger partial charge in [-0.05, 0) is 30.3 Å². The zero-order valence-corrected chi connectivity index (χ0v) is 19.6. The fraction of sp³-hybridized carbons (Fsp3) is 0.0690. The summed E-state index contributed by atoms with van der Waals surface area (Å²) in [5.41, 5.74) is 5.42. The van der Waals surface area contributed by atoms with Gasteiger partial charge in [-0.25, -0.2) is 9.97 Å². The Morgan fingerprint density at radius 1 is 0.743 bits per heavy atom. The predicted octanol–water partition coefficient (Wildman–Crippen LogP) is 6.43. The monoisotopic (exact) mass is 479 g/mol. The zero-order chi connectivity index (χ0) is 24.0. The van der Waals surface area contributed by atoms with Gasteiger partial charge in [-0.1, -0.05) is 84.4 Å². The Morgan fingerprint density at radius 3 is 2.00 bits per heavy atom. The molecule has 1 N–H and O–H groups in total. The molecule has 35 heavy (non-hydrogen) atoms. The molecule has 6 heteroatoms. The van der Waals surface area contributed by atoms with E-state index in [1.165, 1.54) is 0 Å². The second-order valence-corrected chi connectivity index (χ2v) is 8.30. The Kier molecular flexibility index (Phi) is 6.68. The molecule has 0 spiro atoms. The first-order valence-corrected chi connectivity index (χ1v) is 11.6. The molecular weight excluding hydrogens is 458 g/mol. The normalized spacial score (nSPS) is 10.8. The van der Waals surface area contributed by atoms with E-state index >= 15 is 0 Å². The van der Waals surface area contributed by atoms with Crippen LogP contribution in [0.5, 0.6) is 5.75 Å². The summed E-state index contributed by atoms with van der Waals surface area (Å²) in [4.78, 5) is 22.6. The molecule has 5 nitrogen and oxygen atoms in total. The third-order valence-corrected chi connectivity index (χ3v) is 5.81.